The van der Waals surface area contributed by atoms with Crippen molar-refractivity contribution in [3.05, 3.63) is 47.8 Å². The fraction of sp³-hybridized carbons (Fsp3) is 0.464. The van der Waals surface area contributed by atoms with Crippen molar-refractivity contribution >= 4 is 23.0 Å². The Morgan fingerprint density at radius 3 is 2.20 bits per heavy atom. The molecule has 12 heteroatoms. The Morgan fingerprint density at radius 1 is 1.02 bits per heavy atom. The number of fused-ring (bicyclic) bond motifs is 1. The molecule has 1 fully saturated rings. The van der Waals surface area contributed by atoms with Crippen LogP contribution in [0.5, 0.6) is 11.5 Å². The molecule has 0 saturated carbocycles. The lowest BCUT2D eigenvalue weighted by molar-refractivity contribution is -0.123. The number of nitrogens with zero attached hydrogens (tertiary/aromatic N) is 3. The molecule has 2 amide bonds. The standard InChI is InChI=1S/C28H33F3N4O5/c1-27(2,3)40-26(37)34-10-8-17(9-11-34)18-6-7-21-20(12-18)33-16-35(21)19-13-22(38-4)24(23(14-19)39-5)25(36)32-15-28(29,30)31/h6-7,12-14,16-17H,8-11,15H2,1-5H3,(H,32,36). The van der Waals surface area contributed by atoms with Crippen LogP contribution in [0, 0.1) is 0 Å². The maximum atomic E-state index is 12.6. The van der Waals surface area contributed by atoms with Gasteiger partial charge in [-0.05, 0) is 57.2 Å². The van der Waals surface area contributed by atoms with E-state index in [1.54, 1.807) is 27.9 Å². The summed E-state index contributed by atoms with van der Waals surface area (Å²) in [5.74, 6) is -0.577. The molecule has 0 bridgehead atoms. The molecule has 1 saturated heterocycles. The fourth-order valence-electron chi connectivity index (χ4n) is 4.74. The first-order valence-corrected chi connectivity index (χ1v) is 12.9. The van der Waals surface area contributed by atoms with Crippen LogP contribution >= 0.6 is 0 Å². The lowest BCUT2D eigenvalue weighted by Gasteiger charge is -2.33. The van der Waals surface area contributed by atoms with Crippen LogP contribution in [0.15, 0.2) is 36.7 Å². The first-order chi connectivity index (χ1) is 18.8. The number of amides is 2. The quantitative estimate of drug-likeness (QED) is 0.430. The van der Waals surface area contributed by atoms with Crippen LogP contribution in [0.3, 0.4) is 0 Å². The van der Waals surface area contributed by atoms with Crippen LogP contribution in [-0.4, -0.2) is 72.1 Å². The molecule has 0 aliphatic carbocycles. The van der Waals surface area contributed by atoms with Crippen LogP contribution in [-0.2, 0) is 4.74 Å². The molecule has 216 valence electrons. The molecule has 2 heterocycles. The van der Waals surface area contributed by atoms with E-state index >= 15 is 0 Å². The number of carbonyl (C=O) groups is 2. The predicted octanol–water partition coefficient (Wildman–Crippen LogP) is 5.45. The molecule has 40 heavy (non-hydrogen) atoms. The number of likely N-dealkylation sites (tertiary alicyclic amines) is 1. The molecule has 0 radical (unpaired) electrons. The maximum Gasteiger partial charge on any atom is 0.410 e. The average Bonchev–Trinajstić information content (AvgIpc) is 3.33. The molecule has 1 aliphatic heterocycles. The Labute approximate surface area is 230 Å². The SMILES string of the molecule is COc1cc(-n2cnc3cc(C4CCN(C(=O)OC(C)(C)C)CC4)ccc32)cc(OC)c1C(=O)NCC(F)(F)F. The van der Waals surface area contributed by atoms with Crippen molar-refractivity contribution < 1.29 is 37.0 Å². The Hall–Kier alpha value is -3.96. The Morgan fingerprint density at radius 2 is 1.65 bits per heavy atom. The number of carbonyl (C=O) groups excluding carboxylic acids is 2. The minimum atomic E-state index is -4.56. The van der Waals surface area contributed by atoms with Crippen molar-refractivity contribution in [1.29, 1.82) is 0 Å². The number of ether oxygens (including phenoxy) is 3. The molecule has 2 aromatic carbocycles. The number of benzene rings is 2. The third kappa shape index (κ3) is 6.60. The van der Waals surface area contributed by atoms with Gasteiger partial charge >= 0.3 is 12.3 Å². The van der Waals surface area contributed by atoms with Crippen LogP contribution < -0.4 is 14.8 Å². The largest absolute Gasteiger partial charge is 0.496 e. The number of methoxy groups -OCH3 is 2. The van der Waals surface area contributed by atoms with E-state index in [0.29, 0.717) is 18.8 Å². The predicted molar refractivity (Wildman–Crippen MR) is 142 cm³/mol. The number of imidazole rings is 1. The van der Waals surface area contributed by atoms with E-state index in [0.717, 1.165) is 29.4 Å². The molecule has 3 aromatic rings. The lowest BCUT2D eigenvalue weighted by Crippen LogP contribution is -2.41. The molecule has 0 unspecified atom stereocenters. The summed E-state index contributed by atoms with van der Waals surface area (Å²) < 4.78 is 55.9. The molecule has 1 N–H and O–H groups in total. The van der Waals surface area contributed by atoms with Crippen LogP contribution in [0.2, 0.25) is 0 Å². The van der Waals surface area contributed by atoms with Crippen LogP contribution in [0.1, 0.15) is 55.5 Å². The smallest absolute Gasteiger partial charge is 0.410 e. The molecular formula is C28H33F3N4O5. The summed E-state index contributed by atoms with van der Waals surface area (Å²) >= 11 is 0. The topological polar surface area (TPSA) is 94.9 Å². The lowest BCUT2D eigenvalue weighted by atomic mass is 9.89. The first-order valence-electron chi connectivity index (χ1n) is 12.9. The van der Waals surface area contributed by atoms with Crippen LogP contribution in [0.4, 0.5) is 18.0 Å². The summed E-state index contributed by atoms with van der Waals surface area (Å²) in [6.45, 7) is 5.28. The highest BCUT2D eigenvalue weighted by Gasteiger charge is 2.30. The van der Waals surface area contributed by atoms with E-state index < -0.39 is 24.2 Å². The monoisotopic (exact) mass is 562 g/mol. The molecule has 0 spiro atoms. The minimum Gasteiger partial charge on any atom is -0.496 e. The van der Waals surface area contributed by atoms with Gasteiger partial charge in [0.25, 0.3) is 5.91 Å². The van der Waals surface area contributed by atoms with Gasteiger partial charge in [0.2, 0.25) is 0 Å². The third-order valence-electron chi connectivity index (χ3n) is 6.63. The minimum absolute atomic E-state index is 0.0595. The van der Waals surface area contributed by atoms with Gasteiger partial charge in [-0.25, -0.2) is 9.78 Å². The van der Waals surface area contributed by atoms with Gasteiger partial charge in [-0.15, -0.1) is 0 Å². The van der Waals surface area contributed by atoms with E-state index in [-0.39, 0.29) is 29.1 Å². The molecule has 0 atom stereocenters. The number of rotatable bonds is 6. The maximum absolute atomic E-state index is 12.6. The van der Waals surface area contributed by atoms with Gasteiger partial charge in [-0.2, -0.15) is 13.2 Å². The van der Waals surface area contributed by atoms with E-state index in [2.05, 4.69) is 4.98 Å². The average molecular weight is 563 g/mol. The van der Waals surface area contributed by atoms with Gasteiger partial charge in [-0.3, -0.25) is 9.36 Å². The van der Waals surface area contributed by atoms with Gasteiger partial charge in [0, 0.05) is 25.2 Å². The number of hydrogen-bond donors (Lipinski definition) is 1. The zero-order valence-corrected chi connectivity index (χ0v) is 23.1. The van der Waals surface area contributed by atoms with Crippen LogP contribution in [0.25, 0.3) is 16.7 Å². The summed E-state index contributed by atoms with van der Waals surface area (Å²) in [5, 5.41) is 1.86. The second-order valence-corrected chi connectivity index (χ2v) is 10.6. The highest BCUT2D eigenvalue weighted by molar-refractivity contribution is 6.00. The number of hydrogen-bond acceptors (Lipinski definition) is 6. The van der Waals surface area contributed by atoms with Gasteiger partial charge in [0.05, 0.1) is 30.9 Å². The molecule has 9 nitrogen and oxygen atoms in total. The van der Waals surface area contributed by atoms with Crippen molar-refractivity contribution in [3.63, 3.8) is 0 Å². The van der Waals surface area contributed by atoms with Crippen molar-refractivity contribution in [2.75, 3.05) is 33.9 Å². The molecule has 1 aliphatic rings. The van der Waals surface area contributed by atoms with Gasteiger partial charge in [0.1, 0.15) is 35.5 Å². The van der Waals surface area contributed by atoms with E-state index in [9.17, 15) is 22.8 Å². The van der Waals surface area contributed by atoms with Crippen molar-refractivity contribution in [1.82, 2.24) is 19.8 Å². The highest BCUT2D eigenvalue weighted by atomic mass is 19.4. The molecule has 1 aromatic heterocycles. The zero-order chi connectivity index (χ0) is 29.2. The van der Waals surface area contributed by atoms with Crippen molar-refractivity contribution in [2.45, 2.75) is 51.3 Å². The Balaban J connectivity index is 1.55. The van der Waals surface area contributed by atoms with Crippen molar-refractivity contribution in [2.24, 2.45) is 0 Å². The van der Waals surface area contributed by atoms with E-state index in [1.807, 2.05) is 44.3 Å². The number of alkyl halides is 3. The van der Waals surface area contributed by atoms with Gasteiger partial charge in [-0.1, -0.05) is 6.07 Å². The fourth-order valence-corrected chi connectivity index (χ4v) is 4.74. The summed E-state index contributed by atoms with van der Waals surface area (Å²) in [5.41, 5.74) is 2.54. The molecule has 4 rings (SSSR count). The van der Waals surface area contributed by atoms with Gasteiger partial charge in [0.15, 0.2) is 0 Å². The Kier molecular flexibility index (Phi) is 8.18. The number of piperidine rings is 1. The summed E-state index contributed by atoms with van der Waals surface area (Å²) in [6.07, 6.45) is -1.62. The first kappa shape index (κ1) is 29.0. The van der Waals surface area contributed by atoms with E-state index in [1.165, 1.54) is 14.2 Å². The number of halogens is 3. The Bertz CT molecular complexity index is 1360. The number of nitrogens with one attached hydrogen (secondary N) is 1. The summed E-state index contributed by atoms with van der Waals surface area (Å²) in [7, 11) is 2.65. The second-order valence-electron chi connectivity index (χ2n) is 10.6. The van der Waals surface area contributed by atoms with Gasteiger partial charge < -0.3 is 24.4 Å². The number of aromatic nitrogens is 2. The summed E-state index contributed by atoms with van der Waals surface area (Å²) in [4.78, 5) is 31.2. The zero-order valence-electron chi connectivity index (χ0n) is 23.1. The van der Waals surface area contributed by atoms with Crippen molar-refractivity contribution in [3.8, 4) is 17.2 Å². The molecular weight excluding hydrogens is 529 g/mol. The summed E-state index contributed by atoms with van der Waals surface area (Å²) in [6, 6.07) is 9.09. The van der Waals surface area contributed by atoms with E-state index in [4.69, 9.17) is 14.2 Å². The highest BCUT2D eigenvalue weighted by Crippen LogP contribution is 2.35. The second kappa shape index (κ2) is 11.3. The third-order valence-corrected chi connectivity index (χ3v) is 6.63. The normalized spacial score (nSPS) is 14.8.